The Labute approximate surface area is 180 Å². The van der Waals surface area contributed by atoms with E-state index in [0.29, 0.717) is 11.0 Å². The van der Waals surface area contributed by atoms with Crippen LogP contribution < -0.4 is 10.2 Å². The van der Waals surface area contributed by atoms with Crippen molar-refractivity contribution in [1.82, 2.24) is 25.5 Å². The van der Waals surface area contributed by atoms with E-state index in [9.17, 15) is 4.79 Å². The lowest BCUT2D eigenvalue weighted by atomic mass is 10.0. The first-order valence-electron chi connectivity index (χ1n) is 9.94. The molecule has 7 nitrogen and oxygen atoms in total. The molecule has 0 aliphatic carbocycles. The number of nitrogens with zero attached hydrogens (tertiary/aromatic N) is 5. The number of nitrogens with one attached hydrogen (secondary N) is 1. The van der Waals surface area contributed by atoms with Crippen molar-refractivity contribution in [3.05, 3.63) is 76.8 Å². The van der Waals surface area contributed by atoms with Crippen LogP contribution in [0.5, 0.6) is 0 Å². The average Bonchev–Trinajstić information content (AvgIpc) is 3.25. The van der Waals surface area contributed by atoms with Crippen LogP contribution in [0.3, 0.4) is 0 Å². The standard InChI is InChI=1S/C22H23ClN6O/c1-3-15(2)24-21(30)14-28-19(17-9-11-18(23)12-10-17)13-20(16-7-5-4-6-8-16)29-22(28)25-26-27-29/h4-13,15,20H,3,14H2,1-2H3,(H,24,30)/t15-,20+/m0/s1. The second-order valence-corrected chi connectivity index (χ2v) is 7.74. The minimum Gasteiger partial charge on any atom is -0.352 e. The van der Waals surface area contributed by atoms with E-state index in [1.165, 1.54) is 0 Å². The zero-order valence-corrected chi connectivity index (χ0v) is 17.6. The van der Waals surface area contributed by atoms with Crippen molar-refractivity contribution in [2.75, 3.05) is 11.4 Å². The number of tetrazole rings is 1. The van der Waals surface area contributed by atoms with Crippen LogP contribution in [0.1, 0.15) is 37.4 Å². The van der Waals surface area contributed by atoms with Gasteiger partial charge < -0.3 is 5.32 Å². The van der Waals surface area contributed by atoms with E-state index >= 15 is 0 Å². The summed E-state index contributed by atoms with van der Waals surface area (Å²) in [6.45, 7) is 4.14. The molecule has 0 radical (unpaired) electrons. The van der Waals surface area contributed by atoms with Gasteiger partial charge in [-0.25, -0.2) is 0 Å². The van der Waals surface area contributed by atoms with Gasteiger partial charge in [0.15, 0.2) is 0 Å². The molecule has 2 atom stereocenters. The van der Waals surface area contributed by atoms with Crippen LogP contribution in [0, 0.1) is 0 Å². The lowest BCUT2D eigenvalue weighted by Gasteiger charge is -2.32. The van der Waals surface area contributed by atoms with Gasteiger partial charge in [-0.05, 0) is 53.1 Å². The molecular formula is C22H23ClN6O. The highest BCUT2D eigenvalue weighted by atomic mass is 35.5. The number of rotatable bonds is 6. The number of carbonyl (C=O) groups is 1. The predicted molar refractivity (Wildman–Crippen MR) is 117 cm³/mol. The lowest BCUT2D eigenvalue weighted by molar-refractivity contribution is -0.120. The Kier molecular flexibility index (Phi) is 5.81. The Bertz CT molecular complexity index is 1050. The van der Waals surface area contributed by atoms with Crippen LogP contribution in [-0.2, 0) is 4.79 Å². The summed E-state index contributed by atoms with van der Waals surface area (Å²) >= 11 is 6.10. The van der Waals surface area contributed by atoms with E-state index in [0.717, 1.165) is 23.2 Å². The highest BCUT2D eigenvalue weighted by Gasteiger charge is 2.32. The summed E-state index contributed by atoms with van der Waals surface area (Å²) in [5.74, 6) is 0.438. The molecule has 2 heterocycles. The second kappa shape index (κ2) is 8.67. The molecule has 1 aliphatic heterocycles. The van der Waals surface area contributed by atoms with Crippen molar-refractivity contribution in [1.29, 1.82) is 0 Å². The van der Waals surface area contributed by atoms with E-state index in [-0.39, 0.29) is 24.5 Å². The Morgan fingerprint density at radius 3 is 2.60 bits per heavy atom. The topological polar surface area (TPSA) is 75.9 Å². The summed E-state index contributed by atoms with van der Waals surface area (Å²) in [5, 5.41) is 16.0. The van der Waals surface area contributed by atoms with Gasteiger partial charge in [-0.3, -0.25) is 9.69 Å². The van der Waals surface area contributed by atoms with Gasteiger partial charge in [-0.1, -0.05) is 66.1 Å². The molecule has 1 aromatic heterocycles. The van der Waals surface area contributed by atoms with Gasteiger partial charge in [0.1, 0.15) is 12.6 Å². The van der Waals surface area contributed by atoms with E-state index in [1.807, 2.05) is 73.3 Å². The number of hydrogen-bond donors (Lipinski definition) is 1. The number of halogens is 1. The van der Waals surface area contributed by atoms with Crippen molar-refractivity contribution < 1.29 is 4.79 Å². The van der Waals surface area contributed by atoms with Gasteiger partial charge in [0.2, 0.25) is 5.91 Å². The number of amides is 1. The molecule has 1 N–H and O–H groups in total. The Morgan fingerprint density at radius 2 is 1.90 bits per heavy atom. The fraction of sp³-hybridized carbons (Fsp3) is 0.273. The molecule has 0 spiro atoms. The largest absolute Gasteiger partial charge is 0.352 e. The first-order chi connectivity index (χ1) is 14.6. The highest BCUT2D eigenvalue weighted by molar-refractivity contribution is 6.30. The maximum Gasteiger partial charge on any atom is 0.251 e. The van der Waals surface area contributed by atoms with Crippen LogP contribution in [0.2, 0.25) is 5.02 Å². The van der Waals surface area contributed by atoms with Crippen molar-refractivity contribution in [2.24, 2.45) is 0 Å². The minimum absolute atomic E-state index is 0.0862. The van der Waals surface area contributed by atoms with E-state index in [1.54, 1.807) is 4.68 Å². The summed E-state index contributed by atoms with van der Waals surface area (Å²) in [6, 6.07) is 17.5. The number of fused-ring (bicyclic) bond motifs is 1. The predicted octanol–water partition coefficient (Wildman–Crippen LogP) is 3.69. The van der Waals surface area contributed by atoms with Gasteiger partial charge in [0.05, 0.1) is 5.70 Å². The van der Waals surface area contributed by atoms with Crippen LogP contribution in [-0.4, -0.2) is 38.7 Å². The van der Waals surface area contributed by atoms with Crippen molar-refractivity contribution >= 4 is 29.2 Å². The third-order valence-electron chi connectivity index (χ3n) is 5.19. The van der Waals surface area contributed by atoms with Gasteiger partial charge in [0, 0.05) is 11.1 Å². The molecule has 0 fully saturated rings. The molecule has 1 aliphatic rings. The van der Waals surface area contributed by atoms with Crippen LogP contribution in [0.25, 0.3) is 5.70 Å². The SMILES string of the molecule is CC[C@H](C)NC(=O)CN1C(c2ccc(Cl)cc2)=C[C@H](c2ccccc2)n2nnnc21. The van der Waals surface area contributed by atoms with E-state index in [2.05, 4.69) is 26.9 Å². The summed E-state index contributed by atoms with van der Waals surface area (Å²) in [6.07, 6.45) is 2.94. The lowest BCUT2D eigenvalue weighted by Crippen LogP contribution is -2.42. The monoisotopic (exact) mass is 422 g/mol. The molecule has 8 heteroatoms. The number of aromatic nitrogens is 4. The third-order valence-corrected chi connectivity index (χ3v) is 5.44. The zero-order valence-electron chi connectivity index (χ0n) is 16.9. The van der Waals surface area contributed by atoms with Gasteiger partial charge in [-0.15, -0.1) is 0 Å². The highest BCUT2D eigenvalue weighted by Crippen LogP contribution is 2.36. The average molecular weight is 423 g/mol. The van der Waals surface area contributed by atoms with E-state index in [4.69, 9.17) is 11.6 Å². The zero-order chi connectivity index (χ0) is 21.1. The Morgan fingerprint density at radius 1 is 1.17 bits per heavy atom. The summed E-state index contributed by atoms with van der Waals surface area (Å²) in [5.41, 5.74) is 2.86. The van der Waals surface area contributed by atoms with Gasteiger partial charge in [-0.2, -0.15) is 4.68 Å². The van der Waals surface area contributed by atoms with Crippen molar-refractivity contribution in [2.45, 2.75) is 32.4 Å². The van der Waals surface area contributed by atoms with Crippen LogP contribution in [0.4, 0.5) is 5.95 Å². The van der Waals surface area contributed by atoms with Crippen molar-refractivity contribution in [3.63, 3.8) is 0 Å². The first-order valence-corrected chi connectivity index (χ1v) is 10.3. The van der Waals surface area contributed by atoms with Crippen molar-refractivity contribution in [3.8, 4) is 0 Å². The number of benzene rings is 2. The molecule has 2 aromatic carbocycles. The van der Waals surface area contributed by atoms with Crippen LogP contribution in [0.15, 0.2) is 60.7 Å². The molecule has 0 unspecified atom stereocenters. The molecule has 3 aromatic rings. The normalized spacial score (nSPS) is 16.6. The van der Waals surface area contributed by atoms with Gasteiger partial charge >= 0.3 is 0 Å². The van der Waals surface area contributed by atoms with Gasteiger partial charge in [0.25, 0.3) is 5.95 Å². The molecular weight excluding hydrogens is 400 g/mol. The smallest absolute Gasteiger partial charge is 0.251 e. The molecule has 4 rings (SSSR count). The number of allylic oxidation sites excluding steroid dienone is 1. The fourth-order valence-corrected chi connectivity index (χ4v) is 3.57. The Balaban J connectivity index is 1.77. The molecule has 30 heavy (non-hydrogen) atoms. The Hall–Kier alpha value is -3.19. The maximum absolute atomic E-state index is 12.7. The first kappa shape index (κ1) is 20.1. The third kappa shape index (κ3) is 4.07. The quantitative estimate of drug-likeness (QED) is 0.655. The minimum atomic E-state index is -0.184. The molecule has 1 amide bonds. The number of hydrogen-bond acceptors (Lipinski definition) is 5. The summed E-state index contributed by atoms with van der Waals surface area (Å²) in [4.78, 5) is 14.6. The second-order valence-electron chi connectivity index (χ2n) is 7.30. The van der Waals surface area contributed by atoms with Crippen LogP contribution >= 0.6 is 11.6 Å². The van der Waals surface area contributed by atoms with E-state index < -0.39 is 0 Å². The molecule has 0 saturated carbocycles. The summed E-state index contributed by atoms with van der Waals surface area (Å²) in [7, 11) is 0. The molecule has 154 valence electrons. The molecule has 0 saturated heterocycles. The number of anilines is 1. The maximum atomic E-state index is 12.7. The summed E-state index contributed by atoms with van der Waals surface area (Å²) < 4.78 is 1.74. The number of carbonyl (C=O) groups excluding carboxylic acids is 1. The fourth-order valence-electron chi connectivity index (χ4n) is 3.45. The molecule has 0 bridgehead atoms.